The molecule has 6 nitrogen and oxygen atoms in total. The molecule has 21 heavy (non-hydrogen) atoms. The van der Waals surface area contributed by atoms with Crippen LogP contribution in [0.3, 0.4) is 0 Å². The fourth-order valence-electron chi connectivity index (χ4n) is 1.78. The Bertz CT molecular complexity index is 541. The number of hydrogen-bond donors (Lipinski definition) is 3. The summed E-state index contributed by atoms with van der Waals surface area (Å²) in [7, 11) is -3.39. The summed E-state index contributed by atoms with van der Waals surface area (Å²) in [4.78, 5) is 10.8. The maximum absolute atomic E-state index is 11.9. The molecule has 0 saturated heterocycles. The highest BCUT2D eigenvalue weighted by Crippen LogP contribution is 2.11. The quantitative estimate of drug-likeness (QED) is 0.544. The van der Waals surface area contributed by atoms with Crippen molar-refractivity contribution in [3.63, 3.8) is 0 Å². The van der Waals surface area contributed by atoms with Gasteiger partial charge in [-0.15, -0.1) is 0 Å². The van der Waals surface area contributed by atoms with Crippen LogP contribution in [0.5, 0.6) is 0 Å². The lowest BCUT2D eigenvalue weighted by atomic mass is 10.1. The maximum atomic E-state index is 11.9. The van der Waals surface area contributed by atoms with Gasteiger partial charge in [0.25, 0.3) is 0 Å². The van der Waals surface area contributed by atoms with Gasteiger partial charge in [0.1, 0.15) is 0 Å². The van der Waals surface area contributed by atoms with Crippen molar-refractivity contribution in [1.29, 1.82) is 0 Å². The van der Waals surface area contributed by atoms with Crippen LogP contribution in [-0.4, -0.2) is 34.0 Å². The van der Waals surface area contributed by atoms with Crippen LogP contribution < -0.4 is 15.8 Å². The van der Waals surface area contributed by atoms with Crippen LogP contribution in [0.4, 0.5) is 0 Å². The summed E-state index contributed by atoms with van der Waals surface area (Å²) in [6.45, 7) is 3.23. The highest BCUT2D eigenvalue weighted by atomic mass is 32.2. The van der Waals surface area contributed by atoms with Crippen LogP contribution >= 0.6 is 0 Å². The molecule has 0 bridgehead atoms. The molecule has 0 unspecified atom stereocenters. The number of aryl methyl sites for hydroxylation is 1. The molecule has 0 atom stereocenters. The molecule has 0 fully saturated rings. The molecule has 0 aliphatic rings. The van der Waals surface area contributed by atoms with Crippen LogP contribution in [0.25, 0.3) is 0 Å². The molecule has 0 aromatic heterocycles. The second-order valence-corrected chi connectivity index (χ2v) is 6.56. The minimum Gasteiger partial charge on any atom is -0.369 e. The van der Waals surface area contributed by atoms with Crippen molar-refractivity contribution >= 4 is 15.9 Å². The Morgan fingerprint density at radius 3 is 2.43 bits per heavy atom. The standard InChI is InChI=1S/C14H23N3O3S/c1-2-9-17-21(19,20)13-7-5-12(6-8-13)4-3-10-16-11-14(15)18/h5-8,16-17H,2-4,9-11H2,1H3,(H2,15,18). The minimum atomic E-state index is -3.39. The van der Waals surface area contributed by atoms with Gasteiger partial charge in [-0.3, -0.25) is 4.79 Å². The van der Waals surface area contributed by atoms with E-state index < -0.39 is 10.0 Å². The van der Waals surface area contributed by atoms with Crippen LogP contribution in [0.1, 0.15) is 25.3 Å². The Balaban J connectivity index is 2.45. The summed E-state index contributed by atoms with van der Waals surface area (Å²) < 4.78 is 26.3. The average molecular weight is 313 g/mol. The van der Waals surface area contributed by atoms with E-state index in [1.807, 2.05) is 19.1 Å². The SMILES string of the molecule is CCCNS(=O)(=O)c1ccc(CCCNCC(N)=O)cc1. The highest BCUT2D eigenvalue weighted by molar-refractivity contribution is 7.89. The Morgan fingerprint density at radius 2 is 1.86 bits per heavy atom. The average Bonchev–Trinajstić information content (AvgIpc) is 2.45. The Kier molecular flexibility index (Phi) is 7.35. The lowest BCUT2D eigenvalue weighted by Crippen LogP contribution is -2.29. The zero-order valence-corrected chi connectivity index (χ0v) is 13.1. The molecule has 1 amide bonds. The van der Waals surface area contributed by atoms with Crippen LogP contribution in [0.2, 0.25) is 0 Å². The number of nitrogens with two attached hydrogens (primary N) is 1. The van der Waals surface area contributed by atoms with E-state index in [4.69, 9.17) is 5.73 Å². The lowest BCUT2D eigenvalue weighted by molar-refractivity contribution is -0.117. The van der Waals surface area contributed by atoms with Gasteiger partial charge in [0.15, 0.2) is 0 Å². The molecule has 118 valence electrons. The zero-order chi connectivity index (χ0) is 15.7. The molecule has 0 heterocycles. The van der Waals surface area contributed by atoms with Gasteiger partial charge in [-0.25, -0.2) is 13.1 Å². The van der Waals surface area contributed by atoms with Gasteiger partial charge in [-0.1, -0.05) is 19.1 Å². The van der Waals surface area contributed by atoms with Crippen molar-refractivity contribution in [3.05, 3.63) is 29.8 Å². The highest BCUT2D eigenvalue weighted by Gasteiger charge is 2.12. The molecular weight excluding hydrogens is 290 g/mol. The summed E-state index contributed by atoms with van der Waals surface area (Å²) in [5.41, 5.74) is 6.07. The topological polar surface area (TPSA) is 101 Å². The molecule has 0 aliphatic carbocycles. The molecule has 0 radical (unpaired) electrons. The van der Waals surface area contributed by atoms with Crippen molar-refractivity contribution < 1.29 is 13.2 Å². The number of nitrogens with one attached hydrogen (secondary N) is 2. The van der Waals surface area contributed by atoms with E-state index in [9.17, 15) is 13.2 Å². The molecule has 1 rings (SSSR count). The van der Waals surface area contributed by atoms with Gasteiger partial charge >= 0.3 is 0 Å². The number of primary amides is 1. The van der Waals surface area contributed by atoms with Gasteiger partial charge in [0, 0.05) is 6.54 Å². The zero-order valence-electron chi connectivity index (χ0n) is 12.3. The fourth-order valence-corrected chi connectivity index (χ4v) is 2.92. The largest absolute Gasteiger partial charge is 0.369 e. The number of carbonyl (C=O) groups is 1. The molecular formula is C14H23N3O3S. The molecule has 4 N–H and O–H groups in total. The normalized spacial score (nSPS) is 11.5. The van der Waals surface area contributed by atoms with E-state index in [0.717, 1.165) is 24.8 Å². The van der Waals surface area contributed by atoms with Crippen LogP contribution in [-0.2, 0) is 21.2 Å². The first-order valence-corrected chi connectivity index (χ1v) is 8.51. The van der Waals surface area contributed by atoms with Gasteiger partial charge in [0.2, 0.25) is 15.9 Å². The maximum Gasteiger partial charge on any atom is 0.240 e. The predicted molar refractivity (Wildman–Crippen MR) is 82.3 cm³/mol. The number of amides is 1. The van der Waals surface area contributed by atoms with E-state index in [1.165, 1.54) is 0 Å². The third-order valence-electron chi connectivity index (χ3n) is 2.89. The van der Waals surface area contributed by atoms with Crippen molar-refractivity contribution in [2.45, 2.75) is 31.1 Å². The van der Waals surface area contributed by atoms with E-state index in [-0.39, 0.29) is 17.3 Å². The van der Waals surface area contributed by atoms with Gasteiger partial charge < -0.3 is 11.1 Å². The molecule has 0 spiro atoms. The van der Waals surface area contributed by atoms with Gasteiger partial charge in [-0.05, 0) is 43.5 Å². The number of sulfonamides is 1. The second kappa shape index (κ2) is 8.76. The minimum absolute atomic E-state index is 0.181. The lowest BCUT2D eigenvalue weighted by Gasteiger charge is -2.07. The molecule has 1 aromatic rings. The van der Waals surface area contributed by atoms with Crippen LogP contribution in [0, 0.1) is 0 Å². The number of hydrogen-bond acceptors (Lipinski definition) is 4. The molecule has 0 aliphatic heterocycles. The van der Waals surface area contributed by atoms with Crippen molar-refractivity contribution in [2.24, 2.45) is 5.73 Å². The first kappa shape index (κ1) is 17.6. The van der Waals surface area contributed by atoms with Crippen molar-refractivity contribution in [3.8, 4) is 0 Å². The van der Waals surface area contributed by atoms with Gasteiger partial charge in [-0.2, -0.15) is 0 Å². The summed E-state index contributed by atoms with van der Waals surface area (Å²) in [6.07, 6.45) is 2.43. The predicted octanol–water partition coefficient (Wildman–Crippen LogP) is 0.382. The first-order chi connectivity index (χ1) is 9.95. The van der Waals surface area contributed by atoms with E-state index in [1.54, 1.807) is 12.1 Å². The molecule has 0 saturated carbocycles. The summed E-state index contributed by atoms with van der Waals surface area (Å²) in [5.74, 6) is -0.371. The monoisotopic (exact) mass is 313 g/mol. The van der Waals surface area contributed by atoms with Crippen LogP contribution in [0.15, 0.2) is 29.2 Å². The fraction of sp³-hybridized carbons (Fsp3) is 0.500. The third-order valence-corrected chi connectivity index (χ3v) is 4.37. The first-order valence-electron chi connectivity index (χ1n) is 7.03. The summed E-state index contributed by atoms with van der Waals surface area (Å²) in [6, 6.07) is 6.86. The summed E-state index contributed by atoms with van der Waals surface area (Å²) >= 11 is 0. The third kappa shape index (κ3) is 6.70. The van der Waals surface area contributed by atoms with E-state index in [2.05, 4.69) is 10.0 Å². The van der Waals surface area contributed by atoms with Gasteiger partial charge in [0.05, 0.1) is 11.4 Å². The summed E-state index contributed by atoms with van der Waals surface area (Å²) in [5, 5.41) is 2.93. The van der Waals surface area contributed by atoms with Crippen molar-refractivity contribution in [2.75, 3.05) is 19.6 Å². The van der Waals surface area contributed by atoms with E-state index in [0.29, 0.717) is 13.1 Å². The Hall–Kier alpha value is -1.44. The number of carbonyl (C=O) groups excluding carboxylic acids is 1. The number of benzene rings is 1. The number of rotatable bonds is 10. The smallest absolute Gasteiger partial charge is 0.240 e. The molecule has 7 heteroatoms. The second-order valence-electron chi connectivity index (χ2n) is 4.79. The molecule has 1 aromatic carbocycles. The Morgan fingerprint density at radius 1 is 1.19 bits per heavy atom. The Labute approximate surface area is 126 Å². The van der Waals surface area contributed by atoms with E-state index >= 15 is 0 Å². The van der Waals surface area contributed by atoms with Crippen molar-refractivity contribution in [1.82, 2.24) is 10.0 Å².